The van der Waals surface area contributed by atoms with Crippen molar-refractivity contribution >= 4 is 33.4 Å². The molecule has 1 fully saturated rings. The third-order valence-corrected chi connectivity index (χ3v) is 4.71. The molecule has 2 aromatic heterocycles. The van der Waals surface area contributed by atoms with Crippen LogP contribution in [0.15, 0.2) is 16.9 Å². The second-order valence-electron chi connectivity index (χ2n) is 5.94. The van der Waals surface area contributed by atoms with Gasteiger partial charge in [0.15, 0.2) is 0 Å². The lowest BCUT2D eigenvalue weighted by Crippen LogP contribution is -2.30. The van der Waals surface area contributed by atoms with Gasteiger partial charge in [0, 0.05) is 25.2 Å². The Hall–Kier alpha value is -1.48. The molecule has 25 heavy (non-hydrogen) atoms. The average Bonchev–Trinajstić information content (AvgIpc) is 3.21. The lowest BCUT2D eigenvalue weighted by atomic mass is 10.2. The Morgan fingerprint density at radius 2 is 2.24 bits per heavy atom. The third-order valence-electron chi connectivity index (χ3n) is 3.91. The van der Waals surface area contributed by atoms with Gasteiger partial charge in [-0.1, -0.05) is 11.6 Å². The van der Waals surface area contributed by atoms with E-state index < -0.39 is 12.1 Å². The summed E-state index contributed by atoms with van der Waals surface area (Å²) >= 11 is 9.35. The zero-order valence-electron chi connectivity index (χ0n) is 13.3. The van der Waals surface area contributed by atoms with Crippen LogP contribution in [-0.2, 0) is 17.9 Å². The molecule has 1 aliphatic carbocycles. The fraction of sp³-hybridized carbons (Fsp3) is 0.533. The van der Waals surface area contributed by atoms with Crippen LogP contribution < -0.4 is 5.32 Å². The second-order valence-corrected chi connectivity index (χ2v) is 7.24. The average molecular weight is 437 g/mol. The molecule has 10 heteroatoms. The first-order valence-electron chi connectivity index (χ1n) is 7.94. The number of aromatic nitrogens is 4. The van der Waals surface area contributed by atoms with Crippen molar-refractivity contribution in [3.05, 3.63) is 33.3 Å². The number of hydrogen-bond donors (Lipinski definition) is 1. The summed E-state index contributed by atoms with van der Waals surface area (Å²) in [5.41, 5.74) is 0.106. The SMILES string of the molecule is O=C(Cn1nc(C(F)F)c(Cl)c1C1CC1)NCCCn1cc(Br)cn1. The molecule has 0 radical (unpaired) electrons. The Balaban J connectivity index is 1.53. The van der Waals surface area contributed by atoms with E-state index in [0.29, 0.717) is 25.2 Å². The molecule has 1 N–H and O–H groups in total. The Kier molecular flexibility index (Phi) is 5.73. The standard InChI is InChI=1S/C15H17BrClF2N5O/c16-10-6-21-23(7-10)5-1-4-20-11(25)8-24-14(9-2-3-9)12(17)13(22-24)15(18)19/h6-7,9,15H,1-5,8H2,(H,20,25). The number of nitrogens with zero attached hydrogens (tertiary/aromatic N) is 4. The molecule has 3 rings (SSSR count). The fourth-order valence-electron chi connectivity index (χ4n) is 2.60. The van der Waals surface area contributed by atoms with Gasteiger partial charge in [-0.05, 0) is 35.2 Å². The number of alkyl halides is 2. The molecule has 0 spiro atoms. The van der Waals surface area contributed by atoms with E-state index in [1.54, 1.807) is 10.9 Å². The number of amides is 1. The van der Waals surface area contributed by atoms with Crippen molar-refractivity contribution in [2.45, 2.75) is 44.7 Å². The van der Waals surface area contributed by atoms with E-state index >= 15 is 0 Å². The molecule has 6 nitrogen and oxygen atoms in total. The molecule has 1 amide bonds. The van der Waals surface area contributed by atoms with Crippen LogP contribution in [0.1, 0.15) is 43.0 Å². The third kappa shape index (κ3) is 4.58. The number of carbonyl (C=O) groups excluding carboxylic acids is 1. The van der Waals surface area contributed by atoms with E-state index in [0.717, 1.165) is 17.3 Å². The quantitative estimate of drug-likeness (QED) is 0.644. The van der Waals surface area contributed by atoms with Crippen molar-refractivity contribution in [3.8, 4) is 0 Å². The van der Waals surface area contributed by atoms with Crippen molar-refractivity contribution < 1.29 is 13.6 Å². The van der Waals surface area contributed by atoms with Crippen LogP contribution in [0.4, 0.5) is 8.78 Å². The van der Waals surface area contributed by atoms with Crippen molar-refractivity contribution in [1.29, 1.82) is 0 Å². The zero-order chi connectivity index (χ0) is 18.0. The highest BCUT2D eigenvalue weighted by atomic mass is 79.9. The summed E-state index contributed by atoms with van der Waals surface area (Å²) in [7, 11) is 0. The summed E-state index contributed by atoms with van der Waals surface area (Å²) in [5.74, 6) is -0.151. The highest BCUT2D eigenvalue weighted by Crippen LogP contribution is 2.45. The van der Waals surface area contributed by atoms with Gasteiger partial charge in [0.2, 0.25) is 5.91 Å². The van der Waals surface area contributed by atoms with Gasteiger partial charge in [0.05, 0.1) is 21.4 Å². The minimum absolute atomic E-state index is 0.00504. The van der Waals surface area contributed by atoms with Crippen LogP contribution >= 0.6 is 27.5 Å². The molecular formula is C15H17BrClF2N5O. The molecule has 136 valence electrons. The lowest BCUT2D eigenvalue weighted by Gasteiger charge is -2.08. The lowest BCUT2D eigenvalue weighted by molar-refractivity contribution is -0.121. The molecule has 0 saturated heterocycles. The Bertz CT molecular complexity index is 759. The van der Waals surface area contributed by atoms with Gasteiger partial charge in [-0.25, -0.2) is 8.78 Å². The molecule has 0 aliphatic heterocycles. The van der Waals surface area contributed by atoms with Gasteiger partial charge in [0.25, 0.3) is 6.43 Å². The highest BCUT2D eigenvalue weighted by Gasteiger charge is 2.34. The largest absolute Gasteiger partial charge is 0.354 e. The topological polar surface area (TPSA) is 64.7 Å². The van der Waals surface area contributed by atoms with Gasteiger partial charge in [-0.2, -0.15) is 10.2 Å². The van der Waals surface area contributed by atoms with Crippen molar-refractivity contribution in [2.24, 2.45) is 0 Å². The number of aryl methyl sites for hydroxylation is 1. The van der Waals surface area contributed by atoms with Crippen LogP contribution in [0, 0.1) is 0 Å². The van der Waals surface area contributed by atoms with E-state index in [9.17, 15) is 13.6 Å². The van der Waals surface area contributed by atoms with Crippen LogP contribution in [0.25, 0.3) is 0 Å². The number of rotatable bonds is 8. The van der Waals surface area contributed by atoms with E-state index in [1.807, 2.05) is 6.20 Å². The maximum Gasteiger partial charge on any atom is 0.283 e. The van der Waals surface area contributed by atoms with Gasteiger partial charge in [-0.15, -0.1) is 0 Å². The zero-order valence-corrected chi connectivity index (χ0v) is 15.6. The van der Waals surface area contributed by atoms with Gasteiger partial charge in [0.1, 0.15) is 12.2 Å². The van der Waals surface area contributed by atoms with E-state index in [1.165, 1.54) is 4.68 Å². The first-order valence-corrected chi connectivity index (χ1v) is 9.11. The summed E-state index contributed by atoms with van der Waals surface area (Å²) < 4.78 is 29.9. The monoisotopic (exact) mass is 435 g/mol. The molecule has 2 heterocycles. The maximum atomic E-state index is 13.0. The first kappa shape index (κ1) is 18.3. The number of carbonyl (C=O) groups is 1. The molecular weight excluding hydrogens is 420 g/mol. The molecule has 0 unspecified atom stereocenters. The van der Waals surface area contributed by atoms with Crippen molar-refractivity contribution in [1.82, 2.24) is 24.9 Å². The molecule has 0 bridgehead atoms. The van der Waals surface area contributed by atoms with Crippen LogP contribution in [0.3, 0.4) is 0 Å². The first-order chi connectivity index (χ1) is 12.0. The molecule has 2 aromatic rings. The minimum atomic E-state index is -2.75. The van der Waals surface area contributed by atoms with Crippen LogP contribution in [0.2, 0.25) is 5.02 Å². The normalized spacial score (nSPS) is 14.3. The Morgan fingerprint density at radius 1 is 1.48 bits per heavy atom. The predicted molar refractivity (Wildman–Crippen MR) is 91.7 cm³/mol. The maximum absolute atomic E-state index is 13.0. The highest BCUT2D eigenvalue weighted by molar-refractivity contribution is 9.10. The van der Waals surface area contributed by atoms with Crippen LogP contribution in [-0.4, -0.2) is 32.0 Å². The van der Waals surface area contributed by atoms with Gasteiger partial charge < -0.3 is 5.32 Å². The summed E-state index contributed by atoms with van der Waals surface area (Å²) in [5, 5.41) is 10.7. The molecule has 0 atom stereocenters. The van der Waals surface area contributed by atoms with E-state index in [2.05, 4.69) is 31.4 Å². The van der Waals surface area contributed by atoms with Crippen molar-refractivity contribution in [3.63, 3.8) is 0 Å². The number of hydrogen-bond acceptors (Lipinski definition) is 3. The minimum Gasteiger partial charge on any atom is -0.354 e. The summed E-state index contributed by atoms with van der Waals surface area (Å²) in [6.45, 7) is 1.03. The predicted octanol–water partition coefficient (Wildman–Crippen LogP) is 3.52. The number of halogens is 4. The summed E-state index contributed by atoms with van der Waals surface area (Å²) in [4.78, 5) is 12.1. The Labute approximate surface area is 156 Å². The summed E-state index contributed by atoms with van der Waals surface area (Å²) in [6.07, 6.45) is 3.27. The van der Waals surface area contributed by atoms with Crippen LogP contribution in [0.5, 0.6) is 0 Å². The molecule has 0 aromatic carbocycles. The Morgan fingerprint density at radius 3 is 2.84 bits per heavy atom. The van der Waals surface area contributed by atoms with E-state index in [-0.39, 0.29) is 23.4 Å². The molecule has 1 saturated carbocycles. The van der Waals surface area contributed by atoms with E-state index in [4.69, 9.17) is 11.6 Å². The smallest absolute Gasteiger partial charge is 0.283 e. The second kappa shape index (κ2) is 7.82. The van der Waals surface area contributed by atoms with Gasteiger partial charge >= 0.3 is 0 Å². The number of nitrogens with one attached hydrogen (secondary N) is 1. The summed E-state index contributed by atoms with van der Waals surface area (Å²) in [6, 6.07) is 0. The van der Waals surface area contributed by atoms with Crippen molar-refractivity contribution in [2.75, 3.05) is 6.54 Å². The van der Waals surface area contributed by atoms with Gasteiger partial charge in [-0.3, -0.25) is 14.2 Å². The molecule has 1 aliphatic rings. The fourth-order valence-corrected chi connectivity index (χ4v) is 3.30.